The van der Waals surface area contributed by atoms with Crippen LogP contribution in [0.5, 0.6) is 0 Å². The molecular formula is C12H14N6O2. The normalized spacial score (nSPS) is 13.9. The van der Waals surface area contributed by atoms with E-state index in [0.717, 1.165) is 24.6 Å². The molecule has 0 bridgehead atoms. The highest BCUT2D eigenvalue weighted by Gasteiger charge is 2.16. The molecule has 1 aliphatic rings. The second-order valence-electron chi connectivity index (χ2n) is 4.49. The van der Waals surface area contributed by atoms with Crippen LogP contribution in [0.1, 0.15) is 22.6 Å². The third kappa shape index (κ3) is 2.44. The average Bonchev–Trinajstić information content (AvgIpc) is 2.86. The molecule has 1 saturated heterocycles. The maximum absolute atomic E-state index is 11.2. The van der Waals surface area contributed by atoms with E-state index in [1.165, 1.54) is 19.9 Å². The third-order valence-corrected chi connectivity index (χ3v) is 3.08. The number of nitrogens with zero attached hydrogens (tertiary/aromatic N) is 6. The third-order valence-electron chi connectivity index (χ3n) is 3.08. The van der Waals surface area contributed by atoms with Crippen LogP contribution in [0.3, 0.4) is 0 Å². The van der Waals surface area contributed by atoms with E-state index in [4.69, 9.17) is 0 Å². The molecule has 0 aromatic carbocycles. The van der Waals surface area contributed by atoms with E-state index in [2.05, 4.69) is 29.7 Å². The highest BCUT2D eigenvalue weighted by atomic mass is 16.5. The largest absolute Gasteiger partial charge is 0.463 e. The molecule has 104 valence electrons. The van der Waals surface area contributed by atoms with Gasteiger partial charge in [-0.1, -0.05) is 0 Å². The molecule has 3 rings (SSSR count). The van der Waals surface area contributed by atoms with Gasteiger partial charge in [0.1, 0.15) is 6.33 Å². The Hall–Kier alpha value is -2.51. The zero-order chi connectivity index (χ0) is 13.9. The van der Waals surface area contributed by atoms with Crippen LogP contribution >= 0.6 is 0 Å². The number of hydrogen-bond donors (Lipinski definition) is 0. The van der Waals surface area contributed by atoms with Gasteiger partial charge in [-0.15, -0.1) is 5.10 Å². The molecule has 1 aliphatic heterocycles. The first-order valence-corrected chi connectivity index (χ1v) is 6.30. The lowest BCUT2D eigenvalue weighted by Crippen LogP contribution is -2.38. The Morgan fingerprint density at radius 3 is 2.65 bits per heavy atom. The first-order valence-electron chi connectivity index (χ1n) is 6.30. The van der Waals surface area contributed by atoms with Crippen molar-refractivity contribution in [1.29, 1.82) is 0 Å². The van der Waals surface area contributed by atoms with Crippen LogP contribution in [-0.4, -0.2) is 50.9 Å². The molecule has 0 aliphatic carbocycles. The summed E-state index contributed by atoms with van der Waals surface area (Å²) in [6.45, 7) is 2.50. The first-order chi connectivity index (χ1) is 9.76. The van der Waals surface area contributed by atoms with Gasteiger partial charge in [0.2, 0.25) is 5.95 Å². The molecule has 8 nitrogen and oxygen atoms in total. The first kappa shape index (κ1) is 12.5. The van der Waals surface area contributed by atoms with Gasteiger partial charge in [-0.25, -0.2) is 24.4 Å². The molecule has 8 heteroatoms. The average molecular weight is 274 g/mol. The fraction of sp³-hybridized carbons (Fsp3) is 0.417. The lowest BCUT2D eigenvalue weighted by molar-refractivity contribution is 0.0586. The van der Waals surface area contributed by atoms with Crippen LogP contribution in [0.25, 0.3) is 0 Å². The van der Waals surface area contributed by atoms with Crippen molar-refractivity contribution in [3.8, 4) is 0 Å². The van der Waals surface area contributed by atoms with Crippen LogP contribution in [0.2, 0.25) is 0 Å². The Labute approximate surface area is 115 Å². The van der Waals surface area contributed by atoms with Crippen LogP contribution in [0.15, 0.2) is 18.7 Å². The Balaban J connectivity index is 1.67. The molecule has 0 saturated carbocycles. The van der Waals surface area contributed by atoms with Crippen LogP contribution in [0.4, 0.5) is 5.95 Å². The van der Waals surface area contributed by atoms with E-state index in [0.29, 0.717) is 6.54 Å². The SMILES string of the molecule is COC(=O)c1ncn(Cc2cnc(N3CCC3)nc2)n1. The monoisotopic (exact) mass is 274 g/mol. The number of ether oxygens (including phenoxy) is 1. The van der Waals surface area contributed by atoms with Gasteiger partial charge >= 0.3 is 5.97 Å². The molecule has 0 unspecified atom stereocenters. The summed E-state index contributed by atoms with van der Waals surface area (Å²) >= 11 is 0. The van der Waals surface area contributed by atoms with Crippen LogP contribution in [0, 0.1) is 0 Å². The maximum Gasteiger partial charge on any atom is 0.377 e. The Morgan fingerprint density at radius 2 is 2.05 bits per heavy atom. The lowest BCUT2D eigenvalue weighted by atomic mass is 10.2. The van der Waals surface area contributed by atoms with Crippen molar-refractivity contribution in [3.63, 3.8) is 0 Å². The van der Waals surface area contributed by atoms with Crippen molar-refractivity contribution in [2.45, 2.75) is 13.0 Å². The molecule has 0 amide bonds. The van der Waals surface area contributed by atoms with Gasteiger partial charge in [0.15, 0.2) is 0 Å². The number of anilines is 1. The zero-order valence-corrected chi connectivity index (χ0v) is 11.1. The minimum Gasteiger partial charge on any atom is -0.463 e. The van der Waals surface area contributed by atoms with Crippen molar-refractivity contribution < 1.29 is 9.53 Å². The predicted molar refractivity (Wildman–Crippen MR) is 69.3 cm³/mol. The van der Waals surface area contributed by atoms with Gasteiger partial charge in [0, 0.05) is 31.0 Å². The smallest absolute Gasteiger partial charge is 0.377 e. The molecule has 2 aromatic rings. The predicted octanol–water partition coefficient (Wildman–Crippen LogP) is 0.113. The minimum absolute atomic E-state index is 0.0469. The summed E-state index contributed by atoms with van der Waals surface area (Å²) in [4.78, 5) is 25.9. The number of methoxy groups -OCH3 is 1. The summed E-state index contributed by atoms with van der Waals surface area (Å²) in [6.07, 6.45) is 6.20. The molecular weight excluding hydrogens is 260 g/mol. The lowest BCUT2D eigenvalue weighted by Gasteiger charge is -2.30. The standard InChI is InChI=1S/C12H14N6O2/c1-20-11(19)10-15-8-18(16-10)7-9-5-13-12(14-6-9)17-3-2-4-17/h5-6,8H,2-4,7H2,1H3. The van der Waals surface area contributed by atoms with Crippen molar-refractivity contribution in [1.82, 2.24) is 24.7 Å². The van der Waals surface area contributed by atoms with Crippen molar-refractivity contribution in [3.05, 3.63) is 30.1 Å². The molecule has 0 N–H and O–H groups in total. The van der Waals surface area contributed by atoms with Crippen molar-refractivity contribution in [2.75, 3.05) is 25.1 Å². The van der Waals surface area contributed by atoms with E-state index in [1.54, 1.807) is 17.1 Å². The topological polar surface area (TPSA) is 86.0 Å². The van der Waals surface area contributed by atoms with Crippen LogP contribution in [-0.2, 0) is 11.3 Å². The van der Waals surface area contributed by atoms with Gasteiger partial charge in [0.25, 0.3) is 5.82 Å². The number of esters is 1. The summed E-state index contributed by atoms with van der Waals surface area (Å²) in [7, 11) is 1.30. The summed E-state index contributed by atoms with van der Waals surface area (Å²) < 4.78 is 6.10. The molecule has 3 heterocycles. The van der Waals surface area contributed by atoms with E-state index in [-0.39, 0.29) is 5.82 Å². The van der Waals surface area contributed by atoms with Gasteiger partial charge in [-0.05, 0) is 6.42 Å². The summed E-state index contributed by atoms with van der Waals surface area (Å²) in [5, 5.41) is 4.03. The second-order valence-corrected chi connectivity index (χ2v) is 4.49. The van der Waals surface area contributed by atoms with E-state index in [9.17, 15) is 4.79 Å². The molecule has 0 spiro atoms. The Bertz CT molecular complexity index is 605. The fourth-order valence-corrected chi connectivity index (χ4v) is 1.85. The van der Waals surface area contributed by atoms with Crippen molar-refractivity contribution >= 4 is 11.9 Å². The summed E-state index contributed by atoms with van der Waals surface area (Å²) in [5.74, 6) is 0.257. The van der Waals surface area contributed by atoms with Crippen molar-refractivity contribution in [2.24, 2.45) is 0 Å². The number of aromatic nitrogens is 5. The zero-order valence-electron chi connectivity index (χ0n) is 11.1. The van der Waals surface area contributed by atoms with Gasteiger partial charge < -0.3 is 9.64 Å². The quantitative estimate of drug-likeness (QED) is 0.731. The second kappa shape index (κ2) is 5.24. The maximum atomic E-state index is 11.2. The molecule has 2 aromatic heterocycles. The van der Waals surface area contributed by atoms with Gasteiger partial charge in [-0.2, -0.15) is 0 Å². The van der Waals surface area contributed by atoms with E-state index < -0.39 is 5.97 Å². The van der Waals surface area contributed by atoms with E-state index in [1.807, 2.05) is 0 Å². The number of carbonyl (C=O) groups is 1. The van der Waals surface area contributed by atoms with Gasteiger partial charge in [0.05, 0.1) is 13.7 Å². The van der Waals surface area contributed by atoms with E-state index >= 15 is 0 Å². The molecule has 0 radical (unpaired) electrons. The molecule has 20 heavy (non-hydrogen) atoms. The fourth-order valence-electron chi connectivity index (χ4n) is 1.85. The minimum atomic E-state index is -0.548. The number of carbonyl (C=O) groups excluding carboxylic acids is 1. The number of hydrogen-bond acceptors (Lipinski definition) is 7. The Kier molecular flexibility index (Phi) is 3.28. The summed E-state index contributed by atoms with van der Waals surface area (Å²) in [5.41, 5.74) is 0.899. The molecule has 1 fully saturated rings. The highest BCUT2D eigenvalue weighted by molar-refractivity contribution is 5.84. The number of rotatable bonds is 4. The highest BCUT2D eigenvalue weighted by Crippen LogP contribution is 2.14. The van der Waals surface area contributed by atoms with Crippen LogP contribution < -0.4 is 4.90 Å². The van der Waals surface area contributed by atoms with Gasteiger partial charge in [-0.3, -0.25) is 0 Å². The molecule has 0 atom stereocenters. The Morgan fingerprint density at radius 1 is 1.30 bits per heavy atom. The summed E-state index contributed by atoms with van der Waals surface area (Å²) in [6, 6.07) is 0.